The minimum Gasteiger partial charge on any atom is -0.265 e. The van der Waals surface area contributed by atoms with Gasteiger partial charge in [0.15, 0.2) is 0 Å². The molecule has 0 aromatic heterocycles. The quantitative estimate of drug-likeness (QED) is 0.195. The second-order valence-corrected chi connectivity index (χ2v) is 40.3. The minimum atomic E-state index is -2.66. The van der Waals surface area contributed by atoms with Crippen LogP contribution < -0.4 is 15.3 Å². The SMILES string of the molecule is CC(C)(C)NP1N(C2CCCCC2)P2(=NP3(=NP4(=N2)N(C2CCCCC2)P(NC(C)(C)C)N4C2CCCCC2)N(C2CCCCC2)P(NC(C)(C)C)N3C2CCCCC2)N1C1CCCCC1. The van der Waals surface area contributed by atoms with Crippen LogP contribution in [0.3, 0.4) is 0 Å². The zero-order valence-electron chi connectivity index (χ0n) is 43.4. The molecule has 3 spiro atoms. The predicted molar refractivity (Wildman–Crippen MR) is 290 cm³/mol. The van der Waals surface area contributed by atoms with Crippen LogP contribution in [-0.2, 0) is 0 Å². The van der Waals surface area contributed by atoms with Crippen LogP contribution in [0.15, 0.2) is 13.5 Å². The molecule has 0 bridgehead atoms. The Kier molecular flexibility index (Phi) is 15.8. The fourth-order valence-electron chi connectivity index (χ4n) is 13.5. The summed E-state index contributed by atoms with van der Waals surface area (Å²) in [6.45, 7) is 22.0. The van der Waals surface area contributed by atoms with Crippen molar-refractivity contribution < 1.29 is 0 Å². The molecule has 4 aliphatic heterocycles. The van der Waals surface area contributed by atoms with E-state index < -0.39 is 47.6 Å². The maximum absolute atomic E-state index is 7.09. The van der Waals surface area contributed by atoms with E-state index in [4.69, 9.17) is 13.5 Å². The van der Waals surface area contributed by atoms with Gasteiger partial charge in [0.1, 0.15) is 25.1 Å². The first-order valence-electron chi connectivity index (χ1n) is 28.0. The van der Waals surface area contributed by atoms with E-state index in [2.05, 4.69) is 104 Å². The van der Waals surface area contributed by atoms with Gasteiger partial charge in [-0.2, -0.15) is 40.2 Å². The van der Waals surface area contributed by atoms with E-state index in [1.807, 2.05) is 0 Å². The summed E-state index contributed by atoms with van der Waals surface area (Å²) in [5.74, 6) is 0. The molecule has 0 unspecified atom stereocenters. The van der Waals surface area contributed by atoms with Crippen molar-refractivity contribution in [1.29, 1.82) is 0 Å². The lowest BCUT2D eigenvalue weighted by Gasteiger charge is -2.72. The predicted octanol–water partition coefficient (Wildman–Crippen LogP) is 17.5. The van der Waals surface area contributed by atoms with Gasteiger partial charge in [-0.25, -0.2) is 0 Å². The van der Waals surface area contributed by atoms with Crippen molar-refractivity contribution in [3.8, 4) is 0 Å². The molecule has 6 aliphatic carbocycles. The van der Waals surface area contributed by atoms with Gasteiger partial charge in [0.2, 0.25) is 22.5 Å². The van der Waals surface area contributed by atoms with E-state index in [0.29, 0.717) is 36.3 Å². The van der Waals surface area contributed by atoms with Crippen LogP contribution >= 0.6 is 47.6 Å². The van der Waals surface area contributed by atoms with Gasteiger partial charge in [-0.05, 0) is 139 Å². The Labute approximate surface area is 409 Å². The third-order valence-electron chi connectivity index (χ3n) is 16.2. The van der Waals surface area contributed by atoms with E-state index in [1.54, 1.807) is 0 Å². The second-order valence-electron chi connectivity index (χ2n) is 25.5. The normalized spacial score (nSPS) is 38.2. The Bertz CT molecular complexity index is 1530. The Morgan fingerprint density at radius 2 is 0.439 bits per heavy atom. The maximum atomic E-state index is 7.09. The Balaban J connectivity index is 1.31. The van der Waals surface area contributed by atoms with Crippen molar-refractivity contribution in [2.75, 3.05) is 0 Å². The molecule has 0 radical (unpaired) electrons. The third kappa shape index (κ3) is 9.87. The molecule has 4 heterocycles. The highest BCUT2D eigenvalue weighted by Crippen LogP contribution is 3.03. The van der Waals surface area contributed by atoms with E-state index >= 15 is 0 Å². The molecule has 0 amide bonds. The summed E-state index contributed by atoms with van der Waals surface area (Å²) in [6.07, 6.45) is 40.1. The third-order valence-corrected chi connectivity index (χ3v) is 41.5. The summed E-state index contributed by atoms with van der Waals surface area (Å²) in [7, 11) is -10.3. The molecule has 12 nitrogen and oxygen atoms in total. The standard InChI is InChI=1S/C48H96N12P6/c1-46(2,3)49-61-55(40-28-16-10-17-29-40)64(56(61)41-30-18-11-19-31-41)52-65(57(42-32-20-12-21-33-42)62(50-47(4,5)6)58(65)43-34-22-13-23-35-43)54-66(53-64)59(44-36-24-14-25-37-44)63(51-48(7,8)9)60(66)45-38-26-15-27-39-45/h40-45,49-51H,10-39H2,1-9H3. The summed E-state index contributed by atoms with van der Waals surface area (Å²) in [5, 5.41) is 13.4. The van der Waals surface area contributed by atoms with E-state index in [9.17, 15) is 0 Å². The first-order valence-corrected chi connectivity index (χ1v) is 36.5. The van der Waals surface area contributed by atoms with Crippen molar-refractivity contribution in [3.63, 3.8) is 0 Å². The number of hydrogen-bond donors (Lipinski definition) is 3. The number of rotatable bonds is 9. The zero-order valence-corrected chi connectivity index (χ0v) is 48.8. The largest absolute Gasteiger partial charge is 0.265 e. The van der Waals surface area contributed by atoms with Crippen molar-refractivity contribution in [2.45, 2.75) is 308 Å². The van der Waals surface area contributed by atoms with Gasteiger partial charge in [-0.15, -0.1) is 0 Å². The van der Waals surface area contributed by atoms with Crippen LogP contribution in [0.1, 0.15) is 255 Å². The molecule has 3 N–H and O–H groups in total. The van der Waals surface area contributed by atoms with Crippen LogP contribution in [0.5, 0.6) is 0 Å². The van der Waals surface area contributed by atoms with Crippen molar-refractivity contribution in [1.82, 2.24) is 41.9 Å². The van der Waals surface area contributed by atoms with Gasteiger partial charge in [0.05, 0.1) is 0 Å². The fourth-order valence-corrected chi connectivity index (χ4v) is 45.2. The molecule has 10 aliphatic rings. The Hall–Kier alpha value is 1.62. The number of nitrogens with zero attached hydrogens (tertiary/aromatic N) is 9. The summed E-state index contributed by atoms with van der Waals surface area (Å²) >= 11 is 0. The zero-order chi connectivity index (χ0) is 46.1. The highest BCUT2D eigenvalue weighted by Gasteiger charge is 2.73. The number of nitrogens with one attached hydrogen (secondary N) is 3. The monoisotopic (exact) mass is 1030 g/mol. The molecule has 10 rings (SSSR count). The van der Waals surface area contributed by atoms with E-state index in [0.717, 1.165) is 0 Å². The summed E-state index contributed by atoms with van der Waals surface area (Å²) < 4.78 is 40.4. The van der Waals surface area contributed by atoms with E-state index in [1.165, 1.54) is 193 Å². The summed E-state index contributed by atoms with van der Waals surface area (Å²) in [4.78, 5) is 0. The molecule has 6 saturated carbocycles. The molecule has 18 heteroatoms. The Morgan fingerprint density at radius 3 is 0.576 bits per heavy atom. The smallest absolute Gasteiger partial charge is 0.232 e. The average Bonchev–Trinajstić information content (AvgIpc) is 3.27. The van der Waals surface area contributed by atoms with Gasteiger partial charge >= 0.3 is 0 Å². The first kappa shape index (κ1) is 51.1. The molecular weight excluding hydrogens is 930 g/mol. The summed E-state index contributed by atoms with van der Waals surface area (Å²) in [6, 6.07) is 3.26. The van der Waals surface area contributed by atoms with E-state index in [-0.39, 0.29) is 16.6 Å². The van der Waals surface area contributed by atoms with Crippen molar-refractivity contribution >= 4 is 47.6 Å². The van der Waals surface area contributed by atoms with Crippen LogP contribution in [0.25, 0.3) is 0 Å². The number of hydrogen-bond acceptors (Lipinski definition) is 12. The molecule has 0 atom stereocenters. The molecule has 0 aromatic rings. The topological polar surface area (TPSA) is 92.6 Å². The lowest BCUT2D eigenvalue weighted by molar-refractivity contribution is 0.255. The van der Waals surface area contributed by atoms with Crippen molar-refractivity contribution in [2.24, 2.45) is 13.5 Å². The van der Waals surface area contributed by atoms with Gasteiger partial charge in [0, 0.05) is 52.9 Å². The minimum absolute atomic E-state index is 0.00311. The summed E-state index contributed by atoms with van der Waals surface area (Å²) in [5.41, 5.74) is 0.00934. The second kappa shape index (κ2) is 20.4. The van der Waals surface area contributed by atoms with Crippen LogP contribution in [0, 0.1) is 0 Å². The molecule has 378 valence electrons. The van der Waals surface area contributed by atoms with Gasteiger partial charge in [-0.3, -0.25) is 15.3 Å². The highest BCUT2D eigenvalue weighted by molar-refractivity contribution is 8.00. The van der Waals surface area contributed by atoms with Gasteiger partial charge < -0.3 is 0 Å². The van der Waals surface area contributed by atoms with Gasteiger partial charge in [-0.1, -0.05) is 116 Å². The highest BCUT2D eigenvalue weighted by atomic mass is 31.3. The van der Waals surface area contributed by atoms with Crippen LogP contribution in [-0.4, -0.2) is 79.5 Å². The lowest BCUT2D eigenvalue weighted by Crippen LogP contribution is -2.59. The molecule has 3 saturated heterocycles. The fraction of sp³-hybridized carbons (Fsp3) is 1.00. The van der Waals surface area contributed by atoms with Crippen LogP contribution in [0.2, 0.25) is 0 Å². The molecule has 0 aromatic carbocycles. The molecular formula is C48H96N12P6. The Morgan fingerprint density at radius 1 is 0.288 bits per heavy atom. The van der Waals surface area contributed by atoms with Crippen molar-refractivity contribution in [3.05, 3.63) is 0 Å². The van der Waals surface area contributed by atoms with Crippen LogP contribution in [0.4, 0.5) is 0 Å². The molecule has 9 fully saturated rings. The molecule has 66 heavy (non-hydrogen) atoms. The first-order chi connectivity index (χ1) is 31.5. The van der Waals surface area contributed by atoms with Gasteiger partial charge in [0.25, 0.3) is 0 Å². The lowest BCUT2D eigenvalue weighted by atomic mass is 9.96. The maximum Gasteiger partial charge on any atom is 0.232 e. The average molecular weight is 1030 g/mol.